The predicted molar refractivity (Wildman–Crippen MR) is 131 cm³/mol. The molecule has 2 aromatic carbocycles. The third kappa shape index (κ3) is 8.02. The highest BCUT2D eigenvalue weighted by molar-refractivity contribution is 7.87. The maximum atomic E-state index is 12.8. The van der Waals surface area contributed by atoms with Gasteiger partial charge in [-0.15, -0.1) is 0 Å². The van der Waals surface area contributed by atoms with Gasteiger partial charge in [-0.2, -0.15) is 8.42 Å². The van der Waals surface area contributed by atoms with Gasteiger partial charge in [0.05, 0.1) is 20.5 Å². The van der Waals surface area contributed by atoms with E-state index in [0.29, 0.717) is 24.6 Å². The lowest BCUT2D eigenvalue weighted by Crippen LogP contribution is -2.23. The molecule has 0 amide bonds. The molecule has 33 heavy (non-hydrogen) atoms. The Bertz CT molecular complexity index is 1090. The van der Waals surface area contributed by atoms with Crippen LogP contribution in [0.3, 0.4) is 0 Å². The minimum absolute atomic E-state index is 0.143. The molecule has 2 rings (SSSR count). The standard InChI is InChI=1S/C25H34N2O5S/c1-25(2,26-3)32-24(28)18-10-8-6-7-9-11-19-31-33(29,30)23-17-13-14-20-21(23)15-12-16-22(20)27(4)5/h12-17H,6-11,18-19H2,1-2,4-5H3. The summed E-state index contributed by atoms with van der Waals surface area (Å²) in [6.07, 6.45) is 5.29. The van der Waals surface area contributed by atoms with Crippen LogP contribution in [0.5, 0.6) is 0 Å². The molecule has 0 aliphatic carbocycles. The molecule has 2 aromatic rings. The Balaban J connectivity index is 1.73. The van der Waals surface area contributed by atoms with E-state index in [2.05, 4.69) is 4.85 Å². The lowest BCUT2D eigenvalue weighted by atomic mass is 10.1. The van der Waals surface area contributed by atoms with E-state index >= 15 is 0 Å². The van der Waals surface area contributed by atoms with Crippen molar-refractivity contribution in [1.29, 1.82) is 0 Å². The molecular weight excluding hydrogens is 440 g/mol. The van der Waals surface area contributed by atoms with Crippen LogP contribution >= 0.6 is 0 Å². The minimum atomic E-state index is -3.85. The van der Waals surface area contributed by atoms with Gasteiger partial charge in [-0.25, -0.2) is 6.57 Å². The number of benzene rings is 2. The first-order valence-corrected chi connectivity index (χ1v) is 12.7. The monoisotopic (exact) mass is 474 g/mol. The molecular formula is C25H34N2O5S. The molecule has 0 unspecified atom stereocenters. The van der Waals surface area contributed by atoms with Gasteiger partial charge in [-0.3, -0.25) is 13.8 Å². The fourth-order valence-electron chi connectivity index (χ4n) is 3.54. The zero-order valence-corrected chi connectivity index (χ0v) is 20.8. The molecule has 0 saturated carbocycles. The highest BCUT2D eigenvalue weighted by atomic mass is 32.2. The van der Waals surface area contributed by atoms with Crippen molar-refractivity contribution < 1.29 is 22.1 Å². The summed E-state index contributed by atoms with van der Waals surface area (Å²) in [7, 11) is 0.00198. The summed E-state index contributed by atoms with van der Waals surface area (Å²) in [5.74, 6) is -0.347. The Morgan fingerprint density at radius 3 is 2.24 bits per heavy atom. The van der Waals surface area contributed by atoms with Crippen molar-refractivity contribution in [2.45, 2.75) is 69.4 Å². The fraction of sp³-hybridized carbons (Fsp3) is 0.520. The number of unbranched alkanes of at least 4 members (excludes halogenated alkanes) is 5. The molecule has 0 heterocycles. The van der Waals surface area contributed by atoms with Gasteiger partial charge in [0.2, 0.25) is 0 Å². The Morgan fingerprint density at radius 1 is 0.970 bits per heavy atom. The molecule has 0 saturated heterocycles. The molecule has 0 aliphatic rings. The molecule has 0 atom stereocenters. The largest absolute Gasteiger partial charge is 0.389 e. The van der Waals surface area contributed by atoms with E-state index in [-0.39, 0.29) is 17.5 Å². The van der Waals surface area contributed by atoms with Crippen LogP contribution in [0, 0.1) is 6.57 Å². The van der Waals surface area contributed by atoms with Gasteiger partial charge >= 0.3 is 11.7 Å². The number of hydrogen-bond acceptors (Lipinski definition) is 6. The maximum Gasteiger partial charge on any atom is 0.372 e. The van der Waals surface area contributed by atoms with E-state index in [0.717, 1.165) is 36.8 Å². The van der Waals surface area contributed by atoms with Crippen LogP contribution in [-0.2, 0) is 23.8 Å². The molecule has 0 radical (unpaired) electrons. The van der Waals surface area contributed by atoms with Crippen molar-refractivity contribution >= 4 is 32.5 Å². The SMILES string of the molecule is [C-]#[N+]C(C)(C)OC(=O)CCCCCCCCOS(=O)(=O)c1cccc2c(N(C)C)cccc12. The number of anilines is 1. The van der Waals surface area contributed by atoms with Gasteiger partial charge in [0.15, 0.2) is 0 Å². The number of carbonyl (C=O) groups is 1. The molecule has 8 heteroatoms. The maximum absolute atomic E-state index is 12.8. The quantitative estimate of drug-likeness (QED) is 0.164. The van der Waals surface area contributed by atoms with Crippen molar-refractivity contribution in [2.24, 2.45) is 0 Å². The fourth-order valence-corrected chi connectivity index (χ4v) is 4.69. The third-order valence-corrected chi connectivity index (χ3v) is 6.63. The number of esters is 1. The molecule has 0 spiro atoms. The summed E-state index contributed by atoms with van der Waals surface area (Å²) in [6.45, 7) is 10.3. The van der Waals surface area contributed by atoms with Gasteiger partial charge in [0.1, 0.15) is 4.90 Å². The Kier molecular flexibility index (Phi) is 9.69. The minimum Gasteiger partial charge on any atom is -0.389 e. The highest BCUT2D eigenvalue weighted by Gasteiger charge is 2.27. The number of rotatable bonds is 13. The zero-order chi connectivity index (χ0) is 24.5. The molecule has 0 aromatic heterocycles. The molecule has 0 N–H and O–H groups in total. The third-order valence-electron chi connectivity index (χ3n) is 5.26. The van der Waals surface area contributed by atoms with Gasteiger partial charge in [0, 0.05) is 37.0 Å². The topological polar surface area (TPSA) is 77.3 Å². The second-order valence-electron chi connectivity index (χ2n) is 8.70. The van der Waals surface area contributed by atoms with E-state index in [9.17, 15) is 13.2 Å². The summed E-state index contributed by atoms with van der Waals surface area (Å²) < 4.78 is 36.0. The summed E-state index contributed by atoms with van der Waals surface area (Å²) in [5, 5.41) is 1.52. The highest BCUT2D eigenvalue weighted by Crippen LogP contribution is 2.31. The Morgan fingerprint density at radius 2 is 1.58 bits per heavy atom. The summed E-state index contributed by atoms with van der Waals surface area (Å²) in [6, 6.07) is 10.8. The van der Waals surface area contributed by atoms with Crippen LogP contribution < -0.4 is 4.90 Å². The molecule has 7 nitrogen and oxygen atoms in total. The predicted octanol–water partition coefficient (Wildman–Crippen LogP) is 5.54. The van der Waals surface area contributed by atoms with Gasteiger partial charge in [-0.05, 0) is 25.0 Å². The van der Waals surface area contributed by atoms with Crippen LogP contribution in [0.4, 0.5) is 5.69 Å². The van der Waals surface area contributed by atoms with Crippen molar-refractivity contribution in [2.75, 3.05) is 25.6 Å². The van der Waals surface area contributed by atoms with E-state index in [4.69, 9.17) is 15.5 Å². The Hall–Kier alpha value is -2.63. The number of fused-ring (bicyclic) bond motifs is 1. The van der Waals surface area contributed by atoms with Crippen molar-refractivity contribution in [3.05, 3.63) is 47.8 Å². The second kappa shape index (κ2) is 12.0. The number of hydrogen-bond donors (Lipinski definition) is 0. The second-order valence-corrected chi connectivity index (χ2v) is 10.3. The van der Waals surface area contributed by atoms with E-state index in [1.54, 1.807) is 32.0 Å². The van der Waals surface area contributed by atoms with Crippen molar-refractivity contribution in [3.8, 4) is 0 Å². The average molecular weight is 475 g/mol. The van der Waals surface area contributed by atoms with Crippen LogP contribution in [0.25, 0.3) is 15.6 Å². The molecule has 0 bridgehead atoms. The van der Waals surface area contributed by atoms with E-state index in [1.165, 1.54) is 0 Å². The number of carbonyl (C=O) groups excluding carboxylic acids is 1. The van der Waals surface area contributed by atoms with Gasteiger partial charge in [-0.1, -0.05) is 49.9 Å². The zero-order valence-electron chi connectivity index (χ0n) is 20.0. The van der Waals surface area contributed by atoms with Crippen LogP contribution in [0.15, 0.2) is 41.3 Å². The van der Waals surface area contributed by atoms with Gasteiger partial charge < -0.3 is 9.64 Å². The lowest BCUT2D eigenvalue weighted by molar-refractivity contribution is -0.152. The summed E-state index contributed by atoms with van der Waals surface area (Å²) in [5.41, 5.74) is -0.147. The van der Waals surface area contributed by atoms with Crippen molar-refractivity contribution in [3.63, 3.8) is 0 Å². The summed E-state index contributed by atoms with van der Waals surface area (Å²) >= 11 is 0. The van der Waals surface area contributed by atoms with Crippen molar-refractivity contribution in [1.82, 2.24) is 0 Å². The number of nitrogens with zero attached hydrogens (tertiary/aromatic N) is 2. The van der Waals surface area contributed by atoms with Crippen LogP contribution in [0.2, 0.25) is 0 Å². The van der Waals surface area contributed by atoms with E-state index in [1.807, 2.05) is 37.2 Å². The molecule has 180 valence electrons. The molecule has 0 aliphatic heterocycles. The van der Waals surface area contributed by atoms with Gasteiger partial charge in [0.25, 0.3) is 10.1 Å². The lowest BCUT2D eigenvalue weighted by Gasteiger charge is -2.16. The number of ether oxygens (including phenoxy) is 1. The first-order valence-electron chi connectivity index (χ1n) is 11.3. The Labute approximate surface area is 197 Å². The van der Waals surface area contributed by atoms with Crippen LogP contribution in [-0.4, -0.2) is 40.8 Å². The first kappa shape index (κ1) is 26.6. The van der Waals surface area contributed by atoms with E-state index < -0.39 is 15.8 Å². The average Bonchev–Trinajstić information content (AvgIpc) is 2.76. The van der Waals surface area contributed by atoms with Crippen LogP contribution in [0.1, 0.15) is 58.8 Å². The summed E-state index contributed by atoms with van der Waals surface area (Å²) in [4.78, 5) is 17.1. The first-order chi connectivity index (χ1) is 15.6. The normalized spacial score (nSPS) is 11.8. The molecule has 0 fully saturated rings. The smallest absolute Gasteiger partial charge is 0.372 e.